The Morgan fingerprint density at radius 3 is 2.94 bits per heavy atom. The molecule has 0 aliphatic rings. The van der Waals surface area contributed by atoms with Crippen molar-refractivity contribution >= 4 is 5.97 Å². The molecule has 2 aromatic rings. The minimum Gasteiger partial charge on any atom is -0.496 e. The third kappa shape index (κ3) is 2.44. The molecule has 1 aromatic carbocycles. The Hall–Kier alpha value is -2.30. The van der Waals surface area contributed by atoms with Crippen molar-refractivity contribution in [3.63, 3.8) is 0 Å². The molecule has 0 saturated heterocycles. The number of ether oxygens (including phenoxy) is 1. The first kappa shape index (κ1) is 11.2. The molecule has 1 aromatic heterocycles. The SMILES string of the molecule is COc1ccccc1-c1cc(CC(=O)O)no1. The lowest BCUT2D eigenvalue weighted by Crippen LogP contribution is -1.99. The summed E-state index contributed by atoms with van der Waals surface area (Å²) >= 11 is 0. The van der Waals surface area contributed by atoms with Crippen LogP contribution in [-0.4, -0.2) is 23.3 Å². The molecule has 0 amide bonds. The van der Waals surface area contributed by atoms with Crippen molar-refractivity contribution in [3.8, 4) is 17.1 Å². The van der Waals surface area contributed by atoms with Crippen LogP contribution in [0, 0.1) is 0 Å². The number of carbonyl (C=O) groups is 1. The second-order valence-corrected chi connectivity index (χ2v) is 3.45. The van der Waals surface area contributed by atoms with Gasteiger partial charge in [-0.25, -0.2) is 0 Å². The first-order valence-electron chi connectivity index (χ1n) is 5.01. The normalized spacial score (nSPS) is 10.2. The van der Waals surface area contributed by atoms with Crippen molar-refractivity contribution in [2.24, 2.45) is 0 Å². The van der Waals surface area contributed by atoms with Gasteiger partial charge in [0.2, 0.25) is 0 Å². The number of hydrogen-bond donors (Lipinski definition) is 1. The molecular weight excluding hydrogens is 222 g/mol. The van der Waals surface area contributed by atoms with Crippen molar-refractivity contribution < 1.29 is 19.2 Å². The van der Waals surface area contributed by atoms with Gasteiger partial charge in [0.1, 0.15) is 5.75 Å². The van der Waals surface area contributed by atoms with E-state index in [9.17, 15) is 4.79 Å². The summed E-state index contributed by atoms with van der Waals surface area (Å²) in [5, 5.41) is 12.3. The molecule has 5 heteroatoms. The zero-order chi connectivity index (χ0) is 12.3. The van der Waals surface area contributed by atoms with Gasteiger partial charge in [0.05, 0.1) is 24.8 Å². The standard InChI is InChI=1S/C12H11NO4/c1-16-10-5-3-2-4-9(10)11-6-8(13-17-11)7-12(14)15/h2-6H,7H2,1H3,(H,14,15). The van der Waals surface area contributed by atoms with Crippen LogP contribution in [-0.2, 0) is 11.2 Å². The highest BCUT2D eigenvalue weighted by atomic mass is 16.5. The summed E-state index contributed by atoms with van der Waals surface area (Å²) in [4.78, 5) is 10.5. The van der Waals surface area contributed by atoms with Crippen LogP contribution in [0.25, 0.3) is 11.3 Å². The molecule has 88 valence electrons. The highest BCUT2D eigenvalue weighted by Gasteiger charge is 2.12. The van der Waals surface area contributed by atoms with E-state index < -0.39 is 5.97 Å². The lowest BCUT2D eigenvalue weighted by Gasteiger charge is -2.03. The van der Waals surface area contributed by atoms with Crippen LogP contribution in [0.15, 0.2) is 34.9 Å². The number of benzene rings is 1. The van der Waals surface area contributed by atoms with Gasteiger partial charge in [0.25, 0.3) is 0 Å². The van der Waals surface area contributed by atoms with Gasteiger partial charge in [-0.05, 0) is 12.1 Å². The molecule has 0 aliphatic carbocycles. The molecule has 17 heavy (non-hydrogen) atoms. The number of nitrogens with zero attached hydrogens (tertiary/aromatic N) is 1. The molecule has 2 rings (SSSR count). The quantitative estimate of drug-likeness (QED) is 0.874. The number of aromatic nitrogens is 1. The maximum atomic E-state index is 10.5. The third-order valence-corrected chi connectivity index (χ3v) is 2.26. The Kier molecular flexibility index (Phi) is 3.09. The van der Waals surface area contributed by atoms with Crippen molar-refractivity contribution in [2.75, 3.05) is 7.11 Å². The van der Waals surface area contributed by atoms with Crippen LogP contribution in [0.2, 0.25) is 0 Å². The number of para-hydroxylation sites is 1. The summed E-state index contributed by atoms with van der Waals surface area (Å²) < 4.78 is 10.3. The van der Waals surface area contributed by atoms with E-state index >= 15 is 0 Å². The maximum absolute atomic E-state index is 10.5. The maximum Gasteiger partial charge on any atom is 0.309 e. The minimum atomic E-state index is -0.940. The molecule has 1 N–H and O–H groups in total. The predicted octanol–water partition coefficient (Wildman–Crippen LogP) is 1.98. The molecule has 0 aliphatic heterocycles. The van der Waals surface area contributed by atoms with Crippen LogP contribution in [0.5, 0.6) is 5.75 Å². The second kappa shape index (κ2) is 4.69. The largest absolute Gasteiger partial charge is 0.496 e. The number of hydrogen-bond acceptors (Lipinski definition) is 4. The molecular formula is C12H11NO4. The molecule has 0 saturated carbocycles. The van der Waals surface area contributed by atoms with Gasteiger partial charge in [0, 0.05) is 6.07 Å². The van der Waals surface area contributed by atoms with Gasteiger partial charge in [-0.3, -0.25) is 4.79 Å². The molecule has 0 fully saturated rings. The summed E-state index contributed by atoms with van der Waals surface area (Å²) in [7, 11) is 1.56. The molecule has 1 heterocycles. The molecule has 0 spiro atoms. The van der Waals surface area contributed by atoms with Crippen LogP contribution in [0.3, 0.4) is 0 Å². The van der Waals surface area contributed by atoms with Crippen molar-refractivity contribution in [2.45, 2.75) is 6.42 Å². The Morgan fingerprint density at radius 1 is 1.47 bits per heavy atom. The number of rotatable bonds is 4. The third-order valence-electron chi connectivity index (χ3n) is 2.26. The van der Waals surface area contributed by atoms with E-state index in [-0.39, 0.29) is 6.42 Å². The minimum absolute atomic E-state index is 0.154. The Morgan fingerprint density at radius 2 is 2.24 bits per heavy atom. The zero-order valence-corrected chi connectivity index (χ0v) is 9.21. The molecule has 0 unspecified atom stereocenters. The first-order chi connectivity index (χ1) is 8.20. The van der Waals surface area contributed by atoms with E-state index in [1.165, 1.54) is 0 Å². The Bertz CT molecular complexity index is 533. The highest BCUT2D eigenvalue weighted by Crippen LogP contribution is 2.29. The number of methoxy groups -OCH3 is 1. The number of carboxylic acids is 1. The van der Waals surface area contributed by atoms with E-state index in [1.807, 2.05) is 18.2 Å². The van der Waals surface area contributed by atoms with Gasteiger partial charge >= 0.3 is 5.97 Å². The lowest BCUT2D eigenvalue weighted by molar-refractivity contribution is -0.136. The Balaban J connectivity index is 2.33. The van der Waals surface area contributed by atoms with E-state index in [0.29, 0.717) is 17.2 Å². The van der Waals surface area contributed by atoms with Crippen molar-refractivity contribution in [1.29, 1.82) is 0 Å². The van der Waals surface area contributed by atoms with E-state index in [1.54, 1.807) is 19.2 Å². The summed E-state index contributed by atoms with van der Waals surface area (Å²) in [5.74, 6) is 0.217. The van der Waals surface area contributed by atoms with Crippen LogP contribution in [0.1, 0.15) is 5.69 Å². The summed E-state index contributed by atoms with van der Waals surface area (Å²) in [6.45, 7) is 0. The van der Waals surface area contributed by atoms with Crippen molar-refractivity contribution in [1.82, 2.24) is 5.16 Å². The van der Waals surface area contributed by atoms with E-state index in [2.05, 4.69) is 5.16 Å². The van der Waals surface area contributed by atoms with E-state index in [4.69, 9.17) is 14.4 Å². The van der Waals surface area contributed by atoms with Crippen LogP contribution >= 0.6 is 0 Å². The average molecular weight is 233 g/mol. The molecule has 0 radical (unpaired) electrons. The summed E-state index contributed by atoms with van der Waals surface area (Å²) in [6, 6.07) is 8.92. The Labute approximate surface area is 97.6 Å². The number of carboxylic acid groups (broad SMARTS) is 1. The fourth-order valence-electron chi connectivity index (χ4n) is 1.53. The van der Waals surface area contributed by atoms with Gasteiger partial charge in [0.15, 0.2) is 5.76 Å². The summed E-state index contributed by atoms with van der Waals surface area (Å²) in [5.41, 5.74) is 1.14. The predicted molar refractivity (Wildman–Crippen MR) is 59.8 cm³/mol. The smallest absolute Gasteiger partial charge is 0.309 e. The first-order valence-corrected chi connectivity index (χ1v) is 5.01. The fraction of sp³-hybridized carbons (Fsp3) is 0.167. The lowest BCUT2D eigenvalue weighted by atomic mass is 10.1. The second-order valence-electron chi connectivity index (χ2n) is 3.45. The zero-order valence-electron chi connectivity index (χ0n) is 9.21. The van der Waals surface area contributed by atoms with Crippen LogP contribution < -0.4 is 4.74 Å². The fourth-order valence-corrected chi connectivity index (χ4v) is 1.53. The topological polar surface area (TPSA) is 72.6 Å². The van der Waals surface area contributed by atoms with E-state index in [0.717, 1.165) is 5.56 Å². The number of aliphatic carboxylic acids is 1. The molecule has 0 bridgehead atoms. The summed E-state index contributed by atoms with van der Waals surface area (Å²) in [6.07, 6.45) is -0.154. The highest BCUT2D eigenvalue weighted by molar-refractivity contribution is 5.71. The van der Waals surface area contributed by atoms with Crippen molar-refractivity contribution in [3.05, 3.63) is 36.0 Å². The van der Waals surface area contributed by atoms with Gasteiger partial charge in [-0.15, -0.1) is 0 Å². The van der Waals surface area contributed by atoms with Gasteiger partial charge in [-0.2, -0.15) is 0 Å². The molecule has 0 atom stereocenters. The average Bonchev–Trinajstić information content (AvgIpc) is 2.76. The monoisotopic (exact) mass is 233 g/mol. The van der Waals surface area contributed by atoms with Crippen LogP contribution in [0.4, 0.5) is 0 Å². The molecule has 5 nitrogen and oxygen atoms in total. The van der Waals surface area contributed by atoms with Gasteiger partial charge in [-0.1, -0.05) is 17.3 Å². The van der Waals surface area contributed by atoms with Gasteiger partial charge < -0.3 is 14.4 Å².